The largest absolute Gasteiger partial charge is 0.447 e. The second-order valence-electron chi connectivity index (χ2n) is 8.94. The lowest BCUT2D eigenvalue weighted by molar-refractivity contribution is 0.152. The van der Waals surface area contributed by atoms with Crippen LogP contribution in [0, 0.1) is 0 Å². The van der Waals surface area contributed by atoms with E-state index in [4.69, 9.17) is 4.74 Å². The molecule has 154 valence electrons. The van der Waals surface area contributed by atoms with Gasteiger partial charge in [0, 0.05) is 29.9 Å². The Morgan fingerprint density at radius 1 is 1.10 bits per heavy atom. The third-order valence-electron chi connectivity index (χ3n) is 6.61. The van der Waals surface area contributed by atoms with E-state index >= 15 is 0 Å². The quantitative estimate of drug-likeness (QED) is 0.752. The van der Waals surface area contributed by atoms with Gasteiger partial charge in [-0.15, -0.1) is 0 Å². The molecular formula is C24H29FN2O2. The highest BCUT2D eigenvalue weighted by Gasteiger charge is 2.42. The molecule has 1 amide bonds. The van der Waals surface area contributed by atoms with Gasteiger partial charge in [-0.05, 0) is 47.1 Å². The number of nitrogens with zero attached hydrogens (tertiary/aromatic N) is 1. The lowest BCUT2D eigenvalue weighted by atomic mass is 9.66. The molecule has 0 unspecified atom stereocenters. The molecule has 2 heterocycles. The molecule has 0 bridgehead atoms. The monoisotopic (exact) mass is 396 g/mol. The van der Waals surface area contributed by atoms with Gasteiger partial charge in [-0.25, -0.2) is 9.18 Å². The highest BCUT2D eigenvalue weighted by Crippen LogP contribution is 2.52. The zero-order valence-electron chi connectivity index (χ0n) is 17.4. The smallest absolute Gasteiger partial charge is 0.411 e. The van der Waals surface area contributed by atoms with Crippen molar-refractivity contribution in [3.63, 3.8) is 0 Å². The maximum absolute atomic E-state index is 12.4. The summed E-state index contributed by atoms with van der Waals surface area (Å²) in [6.07, 6.45) is 1.47. The number of alkyl halides is 1. The van der Waals surface area contributed by atoms with Crippen LogP contribution in [0.25, 0.3) is 0 Å². The van der Waals surface area contributed by atoms with Crippen molar-refractivity contribution in [3.05, 3.63) is 59.2 Å². The van der Waals surface area contributed by atoms with Gasteiger partial charge in [-0.1, -0.05) is 51.1 Å². The molecule has 2 aromatic rings. The van der Waals surface area contributed by atoms with Gasteiger partial charge < -0.3 is 9.64 Å². The van der Waals surface area contributed by atoms with Crippen LogP contribution < -0.4 is 10.2 Å². The number of hydrogen-bond donors (Lipinski definition) is 1. The summed E-state index contributed by atoms with van der Waals surface area (Å²) in [6, 6.07) is 14.7. The zero-order valence-corrected chi connectivity index (χ0v) is 17.4. The number of amides is 1. The molecule has 2 aliphatic rings. The number of anilines is 2. The number of carbonyl (C=O) groups is 1. The van der Waals surface area contributed by atoms with Gasteiger partial charge in [-0.3, -0.25) is 5.32 Å². The SMILES string of the molecule is CC1(C)CCN2CC[C@@](C)(c3ccccc3)c3cc(NC(=O)OCCF)cc1c32. The molecule has 0 aliphatic carbocycles. The van der Waals surface area contributed by atoms with Gasteiger partial charge in [0.15, 0.2) is 0 Å². The highest BCUT2D eigenvalue weighted by molar-refractivity contribution is 5.87. The number of ether oxygens (including phenoxy) is 1. The number of hydrogen-bond acceptors (Lipinski definition) is 3. The van der Waals surface area contributed by atoms with E-state index < -0.39 is 12.8 Å². The maximum atomic E-state index is 12.4. The first-order valence-electron chi connectivity index (χ1n) is 10.3. The van der Waals surface area contributed by atoms with Crippen molar-refractivity contribution in [2.45, 2.75) is 44.4 Å². The molecule has 4 rings (SSSR count). The fourth-order valence-corrected chi connectivity index (χ4v) is 4.75. The van der Waals surface area contributed by atoms with E-state index in [9.17, 15) is 9.18 Å². The van der Waals surface area contributed by atoms with Crippen LogP contribution in [0.3, 0.4) is 0 Å². The van der Waals surface area contributed by atoms with E-state index in [-0.39, 0.29) is 17.4 Å². The van der Waals surface area contributed by atoms with Crippen molar-refractivity contribution in [1.82, 2.24) is 0 Å². The van der Waals surface area contributed by atoms with E-state index in [0.29, 0.717) is 5.69 Å². The summed E-state index contributed by atoms with van der Waals surface area (Å²) in [6.45, 7) is 7.97. The molecule has 2 aliphatic heterocycles. The van der Waals surface area contributed by atoms with E-state index in [0.717, 1.165) is 25.9 Å². The Morgan fingerprint density at radius 3 is 2.52 bits per heavy atom. The average molecular weight is 397 g/mol. The van der Waals surface area contributed by atoms with Gasteiger partial charge >= 0.3 is 6.09 Å². The predicted octanol–water partition coefficient (Wildman–Crippen LogP) is 5.40. The Balaban J connectivity index is 1.85. The number of nitrogens with one attached hydrogen (secondary N) is 1. The van der Waals surface area contributed by atoms with Crippen molar-refractivity contribution in [3.8, 4) is 0 Å². The summed E-state index contributed by atoms with van der Waals surface area (Å²) in [7, 11) is 0. The van der Waals surface area contributed by atoms with Crippen LogP contribution in [-0.4, -0.2) is 32.5 Å². The second-order valence-corrected chi connectivity index (χ2v) is 8.94. The van der Waals surface area contributed by atoms with E-state index in [1.807, 2.05) is 6.07 Å². The Hall–Kier alpha value is -2.56. The maximum Gasteiger partial charge on any atom is 0.411 e. The minimum absolute atomic E-state index is 0.00997. The number of rotatable bonds is 4. The van der Waals surface area contributed by atoms with E-state index in [1.54, 1.807) is 0 Å². The standard InChI is InChI=1S/C24H29FN2O2/c1-23(2)9-12-27-13-10-24(3,17-7-5-4-6-8-17)20-16-18(15-19(23)21(20)27)26-22(28)29-14-11-25/h4-8,15-16H,9-14H2,1-3H3,(H,26,28)/t24-/m0/s1. The summed E-state index contributed by atoms with van der Waals surface area (Å²) >= 11 is 0. The van der Waals surface area contributed by atoms with Crippen molar-refractivity contribution < 1.29 is 13.9 Å². The topological polar surface area (TPSA) is 41.6 Å². The Morgan fingerprint density at radius 2 is 1.79 bits per heavy atom. The van der Waals surface area contributed by atoms with E-state index in [2.05, 4.69) is 67.4 Å². The lowest BCUT2D eigenvalue weighted by Gasteiger charge is -2.49. The van der Waals surface area contributed by atoms with Gasteiger partial charge in [-0.2, -0.15) is 0 Å². The van der Waals surface area contributed by atoms with Crippen molar-refractivity contribution in [2.75, 3.05) is 36.6 Å². The normalized spacial score (nSPS) is 22.0. The fraction of sp³-hybridized carbons (Fsp3) is 0.458. The molecule has 5 heteroatoms. The zero-order chi connectivity index (χ0) is 20.6. The lowest BCUT2D eigenvalue weighted by Crippen LogP contribution is -2.46. The van der Waals surface area contributed by atoms with Crippen molar-refractivity contribution in [2.24, 2.45) is 0 Å². The summed E-state index contributed by atoms with van der Waals surface area (Å²) in [5.41, 5.74) is 5.65. The summed E-state index contributed by atoms with van der Waals surface area (Å²) in [4.78, 5) is 14.6. The van der Waals surface area contributed by atoms with Crippen LogP contribution in [-0.2, 0) is 15.6 Å². The molecule has 0 saturated heterocycles. The number of benzene rings is 2. The molecule has 0 aromatic heterocycles. The molecule has 0 fully saturated rings. The molecule has 1 atom stereocenters. The minimum atomic E-state index is -0.684. The molecular weight excluding hydrogens is 367 g/mol. The molecule has 0 spiro atoms. The molecule has 4 nitrogen and oxygen atoms in total. The first-order chi connectivity index (χ1) is 13.8. The van der Waals surface area contributed by atoms with Gasteiger partial charge in [0.2, 0.25) is 0 Å². The first kappa shape index (κ1) is 19.7. The van der Waals surface area contributed by atoms with Crippen LogP contribution in [0.15, 0.2) is 42.5 Å². The first-order valence-corrected chi connectivity index (χ1v) is 10.3. The summed E-state index contributed by atoms with van der Waals surface area (Å²) < 4.78 is 17.3. The van der Waals surface area contributed by atoms with Crippen LogP contribution in [0.4, 0.5) is 20.6 Å². The summed E-state index contributed by atoms with van der Waals surface area (Å²) in [5.74, 6) is 0. The fourth-order valence-electron chi connectivity index (χ4n) is 4.75. The van der Waals surface area contributed by atoms with Crippen LogP contribution in [0.5, 0.6) is 0 Å². The van der Waals surface area contributed by atoms with Crippen LogP contribution in [0.2, 0.25) is 0 Å². The average Bonchev–Trinajstić information content (AvgIpc) is 2.71. The van der Waals surface area contributed by atoms with Gasteiger partial charge in [0.05, 0.1) is 0 Å². The molecule has 1 N–H and O–H groups in total. The third kappa shape index (κ3) is 3.47. The van der Waals surface area contributed by atoms with Crippen molar-refractivity contribution in [1.29, 1.82) is 0 Å². The Bertz CT molecular complexity index is 913. The predicted molar refractivity (Wildman–Crippen MR) is 115 cm³/mol. The molecule has 0 radical (unpaired) electrons. The number of carbonyl (C=O) groups excluding carboxylic acids is 1. The summed E-state index contributed by atoms with van der Waals surface area (Å²) in [5, 5.41) is 2.82. The van der Waals surface area contributed by atoms with E-state index in [1.165, 1.54) is 22.4 Å². The van der Waals surface area contributed by atoms with Crippen molar-refractivity contribution >= 4 is 17.5 Å². The molecule has 0 saturated carbocycles. The van der Waals surface area contributed by atoms with Crippen LogP contribution in [0.1, 0.15) is 50.3 Å². The number of halogens is 1. The Kier molecular flexibility index (Phi) is 5.01. The highest BCUT2D eigenvalue weighted by atomic mass is 19.1. The van der Waals surface area contributed by atoms with Crippen LogP contribution >= 0.6 is 0 Å². The molecule has 2 aromatic carbocycles. The van der Waals surface area contributed by atoms with Gasteiger partial charge in [0.1, 0.15) is 13.3 Å². The van der Waals surface area contributed by atoms with Gasteiger partial charge in [0.25, 0.3) is 0 Å². The molecule has 29 heavy (non-hydrogen) atoms. The third-order valence-corrected chi connectivity index (χ3v) is 6.61. The Labute approximate surface area is 172 Å². The minimum Gasteiger partial charge on any atom is -0.447 e. The second kappa shape index (κ2) is 7.36.